The van der Waals surface area contributed by atoms with E-state index in [1.165, 1.54) is 12.1 Å². The molecule has 0 atom stereocenters. The van der Waals surface area contributed by atoms with Crippen molar-refractivity contribution in [1.29, 1.82) is 0 Å². The highest BCUT2D eigenvalue weighted by Crippen LogP contribution is 2.20. The van der Waals surface area contributed by atoms with Gasteiger partial charge >= 0.3 is 11.9 Å². The van der Waals surface area contributed by atoms with Gasteiger partial charge in [-0.25, -0.2) is 14.0 Å². The van der Waals surface area contributed by atoms with E-state index in [0.29, 0.717) is 0 Å². The Labute approximate surface area is 150 Å². The van der Waals surface area contributed by atoms with Gasteiger partial charge in [0.2, 0.25) is 11.4 Å². The minimum atomic E-state index is -2.12. The van der Waals surface area contributed by atoms with Crippen molar-refractivity contribution in [1.82, 2.24) is 5.32 Å². The fraction of sp³-hybridized carbons (Fsp3) is 0.444. The molecular formula is C18H22FNO6. The third-order valence-electron chi connectivity index (χ3n) is 3.53. The Morgan fingerprint density at radius 1 is 1.00 bits per heavy atom. The Morgan fingerprint density at radius 3 is 1.92 bits per heavy atom. The first kappa shape index (κ1) is 21.3. The van der Waals surface area contributed by atoms with Crippen molar-refractivity contribution in [2.45, 2.75) is 39.2 Å². The van der Waals surface area contributed by atoms with Crippen LogP contribution in [0.25, 0.3) is 0 Å². The molecule has 0 saturated carbocycles. The van der Waals surface area contributed by atoms with Gasteiger partial charge in [0.05, 0.1) is 13.2 Å². The zero-order chi connectivity index (χ0) is 19.7. The van der Waals surface area contributed by atoms with Crippen LogP contribution in [0.1, 0.15) is 44.0 Å². The maximum atomic E-state index is 13.0. The molecule has 7 nitrogen and oxygen atoms in total. The molecule has 0 aliphatic heterocycles. The summed E-state index contributed by atoms with van der Waals surface area (Å²) in [4.78, 5) is 48.7. The normalized spacial score (nSPS) is 10.8. The van der Waals surface area contributed by atoms with Crippen molar-refractivity contribution in [3.05, 3.63) is 35.6 Å². The Kier molecular flexibility index (Phi) is 7.89. The maximum absolute atomic E-state index is 13.0. The molecule has 0 unspecified atom stereocenters. The smallest absolute Gasteiger partial charge is 0.343 e. The van der Waals surface area contributed by atoms with Crippen LogP contribution in [0.5, 0.6) is 0 Å². The maximum Gasteiger partial charge on any atom is 0.343 e. The molecule has 142 valence electrons. The summed E-state index contributed by atoms with van der Waals surface area (Å²) in [5.74, 6) is -3.57. The summed E-state index contributed by atoms with van der Waals surface area (Å²) >= 11 is 0. The standard InChI is InChI=1S/C18H22FNO6/c1-4-25-16(23)18(20-12(3)21,17(24)26-5-2)11-10-15(22)13-6-8-14(19)9-7-13/h6-9H,4-5,10-11H2,1-3H3,(H,20,21). The number of ketones is 1. The molecule has 0 bridgehead atoms. The van der Waals surface area contributed by atoms with E-state index < -0.39 is 35.0 Å². The average molecular weight is 367 g/mol. The number of hydrogen-bond donors (Lipinski definition) is 1. The van der Waals surface area contributed by atoms with Crippen LogP contribution in [0.15, 0.2) is 24.3 Å². The van der Waals surface area contributed by atoms with E-state index in [-0.39, 0.29) is 31.6 Å². The fourth-order valence-corrected chi connectivity index (χ4v) is 2.34. The molecule has 0 aromatic heterocycles. The van der Waals surface area contributed by atoms with Crippen LogP contribution in [0, 0.1) is 5.82 Å². The summed E-state index contributed by atoms with van der Waals surface area (Å²) in [6, 6.07) is 4.86. The molecule has 0 saturated heterocycles. The molecule has 1 aromatic rings. The van der Waals surface area contributed by atoms with Crippen LogP contribution in [0.4, 0.5) is 4.39 Å². The summed E-state index contributed by atoms with van der Waals surface area (Å²) < 4.78 is 22.8. The molecule has 8 heteroatoms. The van der Waals surface area contributed by atoms with E-state index in [1.54, 1.807) is 13.8 Å². The number of rotatable bonds is 9. The van der Waals surface area contributed by atoms with Crippen molar-refractivity contribution in [2.75, 3.05) is 13.2 Å². The third-order valence-corrected chi connectivity index (χ3v) is 3.53. The predicted octanol–water partition coefficient (Wildman–Crippen LogP) is 1.79. The van der Waals surface area contributed by atoms with Gasteiger partial charge < -0.3 is 14.8 Å². The van der Waals surface area contributed by atoms with Gasteiger partial charge in [-0.1, -0.05) is 0 Å². The van der Waals surface area contributed by atoms with Gasteiger partial charge in [0.15, 0.2) is 5.78 Å². The highest BCUT2D eigenvalue weighted by molar-refractivity contribution is 6.08. The quantitative estimate of drug-likeness (QED) is 0.406. The van der Waals surface area contributed by atoms with Crippen molar-refractivity contribution < 1.29 is 33.0 Å². The van der Waals surface area contributed by atoms with Crippen LogP contribution in [-0.4, -0.2) is 42.4 Å². The molecule has 1 rings (SSSR count). The molecule has 1 amide bonds. The number of Topliss-reactive ketones (excluding diaryl/α,β-unsaturated/α-hetero) is 1. The molecular weight excluding hydrogens is 345 g/mol. The molecule has 0 aliphatic rings. The Hall–Kier alpha value is -2.77. The Bertz CT molecular complexity index is 653. The van der Waals surface area contributed by atoms with Crippen LogP contribution in [-0.2, 0) is 23.9 Å². The van der Waals surface area contributed by atoms with Crippen molar-refractivity contribution in [3.63, 3.8) is 0 Å². The minimum Gasteiger partial charge on any atom is -0.464 e. The number of ether oxygens (including phenoxy) is 2. The molecule has 1 aromatic carbocycles. The van der Waals surface area contributed by atoms with Gasteiger partial charge in [0.25, 0.3) is 0 Å². The van der Waals surface area contributed by atoms with Gasteiger partial charge in [-0.3, -0.25) is 9.59 Å². The number of carbonyl (C=O) groups is 4. The minimum absolute atomic E-state index is 0.0223. The fourth-order valence-electron chi connectivity index (χ4n) is 2.34. The largest absolute Gasteiger partial charge is 0.464 e. The lowest BCUT2D eigenvalue weighted by Crippen LogP contribution is -2.61. The number of hydrogen-bond acceptors (Lipinski definition) is 6. The topological polar surface area (TPSA) is 98.8 Å². The van der Waals surface area contributed by atoms with Gasteiger partial charge in [-0.15, -0.1) is 0 Å². The number of amides is 1. The summed E-state index contributed by atoms with van der Waals surface area (Å²) in [5, 5.41) is 2.28. The monoisotopic (exact) mass is 367 g/mol. The van der Waals surface area contributed by atoms with Crippen LogP contribution in [0.2, 0.25) is 0 Å². The summed E-state index contributed by atoms with van der Waals surface area (Å²) in [5.41, 5.74) is -1.90. The first-order valence-corrected chi connectivity index (χ1v) is 8.18. The third kappa shape index (κ3) is 5.37. The van der Waals surface area contributed by atoms with Gasteiger partial charge in [0, 0.05) is 18.9 Å². The highest BCUT2D eigenvalue weighted by Gasteiger charge is 2.50. The lowest BCUT2D eigenvalue weighted by atomic mass is 9.90. The first-order chi connectivity index (χ1) is 12.3. The van der Waals surface area contributed by atoms with Gasteiger partial charge in [0.1, 0.15) is 5.82 Å². The first-order valence-electron chi connectivity index (χ1n) is 8.18. The number of carbonyl (C=O) groups excluding carboxylic acids is 4. The molecule has 26 heavy (non-hydrogen) atoms. The van der Waals surface area contributed by atoms with Gasteiger partial charge in [-0.05, 0) is 44.5 Å². The summed E-state index contributed by atoms with van der Waals surface area (Å²) in [6.45, 7) is 4.18. The second-order valence-electron chi connectivity index (χ2n) is 5.46. The van der Waals surface area contributed by atoms with E-state index in [0.717, 1.165) is 19.1 Å². The number of halogens is 1. The zero-order valence-electron chi connectivity index (χ0n) is 15.0. The highest BCUT2D eigenvalue weighted by atomic mass is 19.1. The van der Waals surface area contributed by atoms with E-state index in [2.05, 4.69) is 5.32 Å². The number of benzene rings is 1. The van der Waals surface area contributed by atoms with Crippen molar-refractivity contribution in [2.24, 2.45) is 0 Å². The van der Waals surface area contributed by atoms with Crippen molar-refractivity contribution in [3.8, 4) is 0 Å². The number of esters is 2. The van der Waals surface area contributed by atoms with Crippen LogP contribution >= 0.6 is 0 Å². The molecule has 0 aliphatic carbocycles. The summed E-state index contributed by atoms with van der Waals surface area (Å²) in [7, 11) is 0. The molecule has 0 spiro atoms. The lowest BCUT2D eigenvalue weighted by Gasteiger charge is -2.29. The predicted molar refractivity (Wildman–Crippen MR) is 89.8 cm³/mol. The second-order valence-corrected chi connectivity index (χ2v) is 5.46. The molecule has 0 radical (unpaired) electrons. The zero-order valence-corrected chi connectivity index (χ0v) is 15.0. The Balaban J connectivity index is 3.10. The van der Waals surface area contributed by atoms with E-state index in [4.69, 9.17) is 9.47 Å². The van der Waals surface area contributed by atoms with E-state index in [9.17, 15) is 23.6 Å². The molecule has 0 fully saturated rings. The SMILES string of the molecule is CCOC(=O)C(CCC(=O)c1ccc(F)cc1)(NC(C)=O)C(=O)OCC. The molecule has 0 heterocycles. The van der Waals surface area contributed by atoms with Crippen LogP contribution < -0.4 is 5.32 Å². The van der Waals surface area contributed by atoms with Gasteiger partial charge in [-0.2, -0.15) is 0 Å². The van der Waals surface area contributed by atoms with Crippen molar-refractivity contribution >= 4 is 23.6 Å². The van der Waals surface area contributed by atoms with Crippen LogP contribution in [0.3, 0.4) is 0 Å². The Morgan fingerprint density at radius 2 is 1.50 bits per heavy atom. The second kappa shape index (κ2) is 9.65. The van der Waals surface area contributed by atoms with E-state index in [1.807, 2.05) is 0 Å². The average Bonchev–Trinajstić information content (AvgIpc) is 2.59. The van der Waals surface area contributed by atoms with E-state index >= 15 is 0 Å². The lowest BCUT2D eigenvalue weighted by molar-refractivity contribution is -0.168. The molecule has 1 N–H and O–H groups in total. The number of nitrogens with one attached hydrogen (secondary N) is 1. The summed E-state index contributed by atoms with van der Waals surface area (Å²) in [6.07, 6.45) is -0.607.